The van der Waals surface area contributed by atoms with Gasteiger partial charge < -0.3 is 4.98 Å². The number of aromatic amines is 1. The van der Waals surface area contributed by atoms with Gasteiger partial charge in [-0.25, -0.2) is 13.1 Å². The fourth-order valence-corrected chi connectivity index (χ4v) is 3.41. The summed E-state index contributed by atoms with van der Waals surface area (Å²) in [5, 5.41) is 1.09. The van der Waals surface area contributed by atoms with Crippen molar-refractivity contribution in [3.63, 3.8) is 0 Å². The first kappa shape index (κ1) is 20.2. The maximum atomic E-state index is 12.0. The third-order valence-corrected chi connectivity index (χ3v) is 5.26. The Morgan fingerprint density at radius 1 is 1.27 bits per heavy atom. The molecule has 2 N–H and O–H groups in total. The first-order valence-corrected chi connectivity index (χ1v) is 10.2. The molecule has 26 heavy (non-hydrogen) atoms. The fraction of sp³-hybridized carbons (Fsp3) is 0.211. The summed E-state index contributed by atoms with van der Waals surface area (Å²) in [7, 11) is -3.55. The number of aromatic nitrogens is 1. The third-order valence-electron chi connectivity index (χ3n) is 3.80. The molecule has 0 spiro atoms. The van der Waals surface area contributed by atoms with E-state index in [1.807, 2.05) is 37.3 Å². The van der Waals surface area contributed by atoms with Crippen molar-refractivity contribution in [3.8, 4) is 0 Å². The Labute approximate surface area is 159 Å². The molecule has 0 bridgehead atoms. The van der Waals surface area contributed by atoms with Gasteiger partial charge in [-0.3, -0.25) is 4.79 Å². The van der Waals surface area contributed by atoms with Gasteiger partial charge in [-0.15, -0.1) is 12.6 Å². The molecule has 0 saturated heterocycles. The molecule has 1 aromatic carbocycles. The number of pyridine rings is 1. The van der Waals surface area contributed by atoms with Crippen molar-refractivity contribution < 1.29 is 8.42 Å². The van der Waals surface area contributed by atoms with Gasteiger partial charge in [-0.05, 0) is 37.1 Å². The van der Waals surface area contributed by atoms with Crippen LogP contribution in [0.25, 0.3) is 4.91 Å². The number of aryl methyl sites for hydroxylation is 2. The lowest BCUT2D eigenvalue weighted by atomic mass is 10.1. The van der Waals surface area contributed by atoms with Crippen molar-refractivity contribution in [3.05, 3.63) is 86.7 Å². The van der Waals surface area contributed by atoms with Crippen molar-refractivity contribution in [2.24, 2.45) is 0 Å². The van der Waals surface area contributed by atoms with E-state index in [2.05, 4.69) is 22.3 Å². The lowest BCUT2D eigenvalue weighted by Gasteiger charge is -2.07. The van der Waals surface area contributed by atoms with E-state index in [9.17, 15) is 13.2 Å². The Morgan fingerprint density at radius 2 is 1.96 bits per heavy atom. The summed E-state index contributed by atoms with van der Waals surface area (Å²) in [5.41, 5.74) is 2.88. The molecule has 2 rings (SSSR count). The highest BCUT2D eigenvalue weighted by atomic mass is 32.2. The topological polar surface area (TPSA) is 79.0 Å². The molecule has 0 aliphatic heterocycles. The van der Waals surface area contributed by atoms with Crippen molar-refractivity contribution in [2.75, 3.05) is 0 Å². The third kappa shape index (κ3) is 5.72. The number of H-pyrrole nitrogens is 1. The van der Waals surface area contributed by atoms with Crippen LogP contribution in [-0.4, -0.2) is 13.4 Å². The van der Waals surface area contributed by atoms with Gasteiger partial charge in [0.15, 0.2) is 0 Å². The Bertz CT molecular complexity index is 976. The number of hydrogen-bond acceptors (Lipinski definition) is 4. The molecule has 1 heterocycles. The molecule has 0 aliphatic carbocycles. The van der Waals surface area contributed by atoms with E-state index < -0.39 is 10.0 Å². The predicted molar refractivity (Wildman–Crippen MR) is 109 cm³/mol. The van der Waals surface area contributed by atoms with Crippen LogP contribution in [0.1, 0.15) is 29.3 Å². The van der Waals surface area contributed by atoms with Gasteiger partial charge >= 0.3 is 0 Å². The Balaban J connectivity index is 2.11. The molecule has 0 aliphatic rings. The zero-order chi connectivity index (χ0) is 19.2. The van der Waals surface area contributed by atoms with Gasteiger partial charge in [0.25, 0.3) is 5.56 Å². The maximum absolute atomic E-state index is 12.0. The molecular weight excluding hydrogens is 368 g/mol. The smallest absolute Gasteiger partial charge is 0.251 e. The van der Waals surface area contributed by atoms with Gasteiger partial charge in [-0.1, -0.05) is 37.3 Å². The average molecular weight is 391 g/mol. The monoisotopic (exact) mass is 390 g/mol. The van der Waals surface area contributed by atoms with Crippen LogP contribution in [0.4, 0.5) is 0 Å². The van der Waals surface area contributed by atoms with E-state index in [1.165, 1.54) is 6.08 Å². The highest BCUT2D eigenvalue weighted by molar-refractivity contribution is 7.92. The molecule has 7 heteroatoms. The minimum absolute atomic E-state index is 0.113. The highest BCUT2D eigenvalue weighted by Crippen LogP contribution is 2.21. The van der Waals surface area contributed by atoms with Crippen LogP contribution >= 0.6 is 12.6 Å². The maximum Gasteiger partial charge on any atom is 0.251 e. The van der Waals surface area contributed by atoms with E-state index in [0.717, 1.165) is 16.5 Å². The fourth-order valence-electron chi connectivity index (χ4n) is 2.35. The first-order chi connectivity index (χ1) is 12.3. The number of benzene rings is 1. The minimum atomic E-state index is -3.55. The summed E-state index contributed by atoms with van der Waals surface area (Å²) >= 11 is 4.42. The SMILES string of the molecule is CCc1cc(/C(S)=C/C=C/S(=O)(=O)NCc2ccccc2)c(C)[nH]c1=O. The molecule has 138 valence electrons. The second-order valence-electron chi connectivity index (χ2n) is 5.75. The van der Waals surface area contributed by atoms with Gasteiger partial charge in [0, 0.05) is 33.7 Å². The second-order valence-corrected chi connectivity index (χ2v) is 7.88. The molecule has 5 nitrogen and oxygen atoms in total. The lowest BCUT2D eigenvalue weighted by molar-refractivity contribution is 0.590. The standard InChI is InChI=1S/C19H22N2O3S2/c1-3-16-12-17(14(2)21-19(16)22)18(25)10-7-11-26(23,24)20-13-15-8-5-4-6-9-15/h4-12,20,25H,3,13H2,1-2H3,(H,21,22)/b11-7+,18-10-. The highest BCUT2D eigenvalue weighted by Gasteiger charge is 2.07. The largest absolute Gasteiger partial charge is 0.326 e. The number of hydrogen-bond donors (Lipinski definition) is 3. The van der Waals surface area contributed by atoms with Crippen LogP contribution in [0.3, 0.4) is 0 Å². The molecule has 0 unspecified atom stereocenters. The van der Waals surface area contributed by atoms with Crippen molar-refractivity contribution in [2.45, 2.75) is 26.8 Å². The van der Waals surface area contributed by atoms with Gasteiger partial charge in [0.1, 0.15) is 0 Å². The molecular formula is C19H22N2O3S2. The van der Waals surface area contributed by atoms with E-state index in [4.69, 9.17) is 0 Å². The summed E-state index contributed by atoms with van der Waals surface area (Å²) in [4.78, 5) is 15.1. The summed E-state index contributed by atoms with van der Waals surface area (Å²) in [6, 6.07) is 11.1. The number of thiol groups is 1. The molecule has 0 radical (unpaired) electrons. The van der Waals surface area contributed by atoms with Crippen LogP contribution in [0.15, 0.2) is 58.8 Å². The van der Waals surface area contributed by atoms with Crippen LogP contribution < -0.4 is 10.3 Å². The normalized spacial score (nSPS) is 12.7. The summed E-state index contributed by atoms with van der Waals surface area (Å²) in [6.07, 6.45) is 3.62. The molecule has 0 amide bonds. The summed E-state index contributed by atoms with van der Waals surface area (Å²) in [5.74, 6) is 0. The molecule has 0 saturated carbocycles. The molecule has 0 fully saturated rings. The van der Waals surface area contributed by atoms with Crippen molar-refractivity contribution in [1.29, 1.82) is 0 Å². The van der Waals surface area contributed by atoms with Crippen molar-refractivity contribution in [1.82, 2.24) is 9.71 Å². The van der Waals surface area contributed by atoms with Crippen LogP contribution in [0.5, 0.6) is 0 Å². The number of rotatable bonds is 7. The molecule has 1 aromatic heterocycles. The quantitative estimate of drug-likeness (QED) is 0.502. The van der Waals surface area contributed by atoms with E-state index in [-0.39, 0.29) is 12.1 Å². The molecule has 0 atom stereocenters. The van der Waals surface area contributed by atoms with E-state index in [1.54, 1.807) is 19.1 Å². The lowest BCUT2D eigenvalue weighted by Crippen LogP contribution is -2.20. The zero-order valence-corrected chi connectivity index (χ0v) is 16.4. The van der Waals surface area contributed by atoms with Gasteiger partial charge in [0.05, 0.1) is 0 Å². The summed E-state index contributed by atoms with van der Waals surface area (Å²) in [6.45, 7) is 3.91. The number of sulfonamides is 1. The Morgan fingerprint density at radius 3 is 2.62 bits per heavy atom. The van der Waals surface area contributed by atoms with E-state index in [0.29, 0.717) is 22.6 Å². The first-order valence-electron chi connectivity index (χ1n) is 8.16. The minimum Gasteiger partial charge on any atom is -0.326 e. The average Bonchev–Trinajstić information content (AvgIpc) is 2.61. The van der Waals surface area contributed by atoms with Gasteiger partial charge in [-0.2, -0.15) is 0 Å². The van der Waals surface area contributed by atoms with Crippen LogP contribution in [-0.2, 0) is 23.0 Å². The summed E-state index contributed by atoms with van der Waals surface area (Å²) < 4.78 is 26.6. The van der Waals surface area contributed by atoms with Gasteiger partial charge in [0.2, 0.25) is 10.0 Å². The van der Waals surface area contributed by atoms with Crippen LogP contribution in [0, 0.1) is 6.92 Å². The Kier molecular flexibility index (Phi) is 7.02. The van der Waals surface area contributed by atoms with Crippen molar-refractivity contribution >= 4 is 27.6 Å². The second kappa shape index (κ2) is 9.02. The number of nitrogens with one attached hydrogen (secondary N) is 2. The van der Waals surface area contributed by atoms with E-state index >= 15 is 0 Å². The Hall–Kier alpha value is -2.09. The van der Waals surface area contributed by atoms with Crippen LogP contribution in [0.2, 0.25) is 0 Å². The predicted octanol–water partition coefficient (Wildman–Crippen LogP) is 3.15. The zero-order valence-electron chi connectivity index (χ0n) is 14.7. The number of allylic oxidation sites excluding steroid dienone is 2. The molecule has 2 aromatic rings.